The fourth-order valence-corrected chi connectivity index (χ4v) is 1.01. The Labute approximate surface area is 104 Å². The van der Waals surface area contributed by atoms with E-state index in [1.165, 1.54) is 0 Å². The molecule has 0 aliphatic rings. The van der Waals surface area contributed by atoms with Gasteiger partial charge >= 0.3 is 0 Å². The Morgan fingerprint density at radius 1 is 0.706 bits per heavy atom. The summed E-state index contributed by atoms with van der Waals surface area (Å²) in [7, 11) is 0. The number of hydrogen-bond acceptors (Lipinski definition) is 5. The number of ether oxygens (including phenoxy) is 4. The van der Waals surface area contributed by atoms with E-state index in [1.807, 2.05) is 20.8 Å². The summed E-state index contributed by atoms with van der Waals surface area (Å²) >= 11 is 0. The van der Waals surface area contributed by atoms with Gasteiger partial charge in [-0.2, -0.15) is 0 Å². The molecule has 0 aromatic rings. The molecule has 0 rings (SSSR count). The van der Waals surface area contributed by atoms with E-state index < -0.39 is 0 Å². The van der Waals surface area contributed by atoms with Gasteiger partial charge in [0.15, 0.2) is 0 Å². The van der Waals surface area contributed by atoms with Crippen molar-refractivity contribution in [2.45, 2.75) is 26.4 Å². The molecule has 0 heterocycles. The molecular formula is C12H26O5. The number of aliphatic hydroxyl groups excluding tert-OH is 1. The van der Waals surface area contributed by atoms with Gasteiger partial charge in [-0.15, -0.1) is 0 Å². The van der Waals surface area contributed by atoms with Crippen LogP contribution in [-0.4, -0.2) is 63.6 Å². The fourth-order valence-electron chi connectivity index (χ4n) is 1.01. The second-order valence-corrected chi connectivity index (χ2v) is 4.52. The molecular weight excluding hydrogens is 224 g/mol. The lowest BCUT2D eigenvalue weighted by Crippen LogP contribution is -2.22. The van der Waals surface area contributed by atoms with E-state index in [4.69, 9.17) is 24.1 Å². The third kappa shape index (κ3) is 15.8. The first-order chi connectivity index (χ1) is 8.06. The average Bonchev–Trinajstić information content (AvgIpc) is 2.24. The number of aliphatic hydroxyl groups is 1. The first kappa shape index (κ1) is 16.8. The largest absolute Gasteiger partial charge is 0.394 e. The topological polar surface area (TPSA) is 57.2 Å². The maximum atomic E-state index is 8.45. The normalized spacial score (nSPS) is 12.0. The van der Waals surface area contributed by atoms with Gasteiger partial charge in [-0.05, 0) is 20.8 Å². The van der Waals surface area contributed by atoms with Crippen LogP contribution in [0.1, 0.15) is 20.8 Å². The second-order valence-electron chi connectivity index (χ2n) is 4.52. The van der Waals surface area contributed by atoms with Crippen molar-refractivity contribution in [3.63, 3.8) is 0 Å². The number of rotatable bonds is 11. The lowest BCUT2D eigenvalue weighted by atomic mass is 10.2. The Morgan fingerprint density at radius 3 is 1.53 bits per heavy atom. The molecule has 0 radical (unpaired) electrons. The Morgan fingerprint density at radius 2 is 1.12 bits per heavy atom. The molecule has 0 amide bonds. The van der Waals surface area contributed by atoms with Crippen LogP contribution >= 0.6 is 0 Å². The highest BCUT2D eigenvalue weighted by molar-refractivity contribution is 4.57. The molecule has 0 unspecified atom stereocenters. The Bertz CT molecular complexity index is 155. The summed E-state index contributed by atoms with van der Waals surface area (Å²) in [6.07, 6.45) is 0. The Hall–Kier alpha value is -0.200. The van der Waals surface area contributed by atoms with E-state index in [0.717, 1.165) is 0 Å². The Balaban J connectivity index is 2.99. The van der Waals surface area contributed by atoms with Crippen molar-refractivity contribution in [2.75, 3.05) is 52.9 Å². The Kier molecular flexibility index (Phi) is 10.8. The van der Waals surface area contributed by atoms with Crippen LogP contribution in [0.5, 0.6) is 0 Å². The van der Waals surface area contributed by atoms with Gasteiger partial charge < -0.3 is 24.1 Å². The van der Waals surface area contributed by atoms with Crippen molar-refractivity contribution in [1.29, 1.82) is 0 Å². The van der Waals surface area contributed by atoms with Crippen LogP contribution in [0.3, 0.4) is 0 Å². The van der Waals surface area contributed by atoms with Crippen LogP contribution in [0.2, 0.25) is 0 Å². The van der Waals surface area contributed by atoms with Gasteiger partial charge in [-0.3, -0.25) is 0 Å². The lowest BCUT2D eigenvalue weighted by molar-refractivity contribution is -0.0454. The van der Waals surface area contributed by atoms with E-state index >= 15 is 0 Å². The van der Waals surface area contributed by atoms with Gasteiger partial charge in [0.05, 0.1) is 58.5 Å². The van der Waals surface area contributed by atoms with Gasteiger partial charge in [0.1, 0.15) is 0 Å². The van der Waals surface area contributed by atoms with Gasteiger partial charge in [0.25, 0.3) is 0 Å². The molecule has 104 valence electrons. The van der Waals surface area contributed by atoms with Crippen LogP contribution in [0.4, 0.5) is 0 Å². The molecule has 0 atom stereocenters. The molecule has 17 heavy (non-hydrogen) atoms. The highest BCUT2D eigenvalue weighted by Gasteiger charge is 2.08. The van der Waals surface area contributed by atoms with E-state index in [0.29, 0.717) is 46.2 Å². The van der Waals surface area contributed by atoms with E-state index in [1.54, 1.807) is 0 Å². The summed E-state index contributed by atoms with van der Waals surface area (Å²) in [5, 5.41) is 8.45. The molecule has 0 aromatic carbocycles. The minimum absolute atomic E-state index is 0.0525. The van der Waals surface area contributed by atoms with Crippen molar-refractivity contribution in [3.8, 4) is 0 Å². The van der Waals surface area contributed by atoms with Crippen molar-refractivity contribution >= 4 is 0 Å². The molecule has 0 fully saturated rings. The van der Waals surface area contributed by atoms with Crippen LogP contribution in [0.25, 0.3) is 0 Å². The summed E-state index contributed by atoms with van der Waals surface area (Å²) in [5.41, 5.74) is -0.107. The fraction of sp³-hybridized carbons (Fsp3) is 1.00. The van der Waals surface area contributed by atoms with Gasteiger partial charge in [0, 0.05) is 0 Å². The van der Waals surface area contributed by atoms with Crippen LogP contribution in [0.15, 0.2) is 0 Å². The summed E-state index contributed by atoms with van der Waals surface area (Å²) in [5.74, 6) is 0. The zero-order valence-corrected chi connectivity index (χ0v) is 11.2. The monoisotopic (exact) mass is 250 g/mol. The quantitative estimate of drug-likeness (QED) is 0.551. The van der Waals surface area contributed by atoms with E-state index in [2.05, 4.69) is 0 Å². The van der Waals surface area contributed by atoms with Crippen LogP contribution < -0.4 is 0 Å². The van der Waals surface area contributed by atoms with Crippen molar-refractivity contribution < 1.29 is 24.1 Å². The highest BCUT2D eigenvalue weighted by Crippen LogP contribution is 2.05. The predicted octanol–water partition coefficient (Wildman–Crippen LogP) is 0.844. The minimum Gasteiger partial charge on any atom is -0.394 e. The predicted molar refractivity (Wildman–Crippen MR) is 65.2 cm³/mol. The smallest absolute Gasteiger partial charge is 0.0707 e. The number of hydrogen-bond donors (Lipinski definition) is 1. The lowest BCUT2D eigenvalue weighted by Gasteiger charge is -2.19. The molecule has 0 aliphatic heterocycles. The van der Waals surface area contributed by atoms with Gasteiger partial charge in [-0.1, -0.05) is 0 Å². The standard InChI is InChI=1S/C12H26O5/c1-12(2,3)17-11-10-16-9-8-15-7-6-14-5-4-13/h13H,4-11H2,1-3H3. The van der Waals surface area contributed by atoms with Crippen LogP contribution in [-0.2, 0) is 18.9 Å². The molecule has 0 bridgehead atoms. The minimum atomic E-state index is -0.107. The summed E-state index contributed by atoms with van der Waals surface area (Å²) in [6.45, 7) is 9.81. The van der Waals surface area contributed by atoms with Crippen molar-refractivity contribution in [3.05, 3.63) is 0 Å². The van der Waals surface area contributed by atoms with E-state index in [-0.39, 0.29) is 12.2 Å². The third-order valence-electron chi connectivity index (χ3n) is 1.74. The van der Waals surface area contributed by atoms with E-state index in [9.17, 15) is 0 Å². The maximum absolute atomic E-state index is 8.45. The summed E-state index contributed by atoms with van der Waals surface area (Å²) < 4.78 is 21.1. The van der Waals surface area contributed by atoms with Crippen LogP contribution in [0, 0.1) is 0 Å². The summed E-state index contributed by atoms with van der Waals surface area (Å²) in [4.78, 5) is 0. The molecule has 0 saturated heterocycles. The van der Waals surface area contributed by atoms with Crippen molar-refractivity contribution in [1.82, 2.24) is 0 Å². The van der Waals surface area contributed by atoms with Gasteiger partial charge in [0.2, 0.25) is 0 Å². The molecule has 0 aliphatic carbocycles. The highest BCUT2D eigenvalue weighted by atomic mass is 16.6. The molecule has 1 N–H and O–H groups in total. The molecule has 0 spiro atoms. The molecule has 5 heteroatoms. The average molecular weight is 250 g/mol. The third-order valence-corrected chi connectivity index (χ3v) is 1.74. The molecule has 0 aromatic heterocycles. The zero-order chi connectivity index (χ0) is 13.0. The van der Waals surface area contributed by atoms with Crippen molar-refractivity contribution in [2.24, 2.45) is 0 Å². The molecule has 5 nitrogen and oxygen atoms in total. The summed E-state index contributed by atoms with van der Waals surface area (Å²) in [6, 6.07) is 0. The second kappa shape index (κ2) is 10.9. The SMILES string of the molecule is CC(C)(C)OCCOCCOCCOCCO. The zero-order valence-electron chi connectivity index (χ0n) is 11.2. The van der Waals surface area contributed by atoms with Gasteiger partial charge in [-0.25, -0.2) is 0 Å². The molecule has 0 saturated carbocycles. The maximum Gasteiger partial charge on any atom is 0.0707 e. The first-order valence-corrected chi connectivity index (χ1v) is 6.04. The first-order valence-electron chi connectivity index (χ1n) is 6.04.